The van der Waals surface area contributed by atoms with Crippen molar-refractivity contribution in [3.05, 3.63) is 13.2 Å². The third-order valence-electron chi connectivity index (χ3n) is 2.43. The minimum atomic E-state index is -0.127. The van der Waals surface area contributed by atoms with E-state index in [4.69, 9.17) is 9.47 Å². The molecule has 1 aliphatic carbocycles. The van der Waals surface area contributed by atoms with Gasteiger partial charge in [-0.25, -0.2) is 0 Å². The molecule has 2 heteroatoms. The van der Waals surface area contributed by atoms with Gasteiger partial charge in [-0.05, 0) is 12.8 Å². The van der Waals surface area contributed by atoms with Crippen LogP contribution >= 0.6 is 0 Å². The number of rotatable bonds is 0. The molecule has 70 valence electrons. The van der Waals surface area contributed by atoms with Crippen molar-refractivity contribution in [1.29, 1.82) is 0 Å². The molecule has 0 aromatic rings. The van der Waals surface area contributed by atoms with Gasteiger partial charge in [-0.2, -0.15) is 0 Å². The van der Waals surface area contributed by atoms with Crippen molar-refractivity contribution in [3.63, 3.8) is 0 Å². The number of ether oxygens (including phenoxy) is 2. The van der Waals surface area contributed by atoms with Crippen molar-refractivity contribution >= 4 is 0 Å². The number of hydrogen-bond acceptors (Lipinski definition) is 2. The van der Waals surface area contributed by atoms with Gasteiger partial charge in [0.1, 0.15) is 0 Å². The van der Waals surface area contributed by atoms with E-state index in [1.807, 2.05) is 0 Å². The Hall–Kier alpha value is -0.340. The zero-order valence-electron chi connectivity index (χ0n) is 7.68. The Bertz CT molecular complexity index is 120. The molecule has 0 radical (unpaired) electrons. The first-order chi connectivity index (χ1) is 5.91. The highest BCUT2D eigenvalue weighted by atomic mass is 16.7. The second-order valence-electron chi connectivity index (χ2n) is 3.17. The summed E-state index contributed by atoms with van der Waals surface area (Å²) in [4.78, 5) is 0. The van der Waals surface area contributed by atoms with E-state index >= 15 is 0 Å². The van der Waals surface area contributed by atoms with Crippen LogP contribution in [0.1, 0.15) is 32.1 Å². The molecule has 0 amide bonds. The van der Waals surface area contributed by atoms with Crippen LogP contribution in [0.5, 0.6) is 0 Å². The van der Waals surface area contributed by atoms with E-state index in [-0.39, 0.29) is 5.79 Å². The summed E-state index contributed by atoms with van der Waals surface area (Å²) in [6.07, 6.45) is 6.15. The lowest BCUT2D eigenvalue weighted by Gasteiger charge is -2.30. The van der Waals surface area contributed by atoms with Crippen molar-refractivity contribution in [2.24, 2.45) is 0 Å². The fourth-order valence-corrected chi connectivity index (χ4v) is 1.88. The Morgan fingerprint density at radius 1 is 0.833 bits per heavy atom. The second-order valence-corrected chi connectivity index (χ2v) is 3.17. The lowest BCUT2D eigenvalue weighted by molar-refractivity contribution is -0.176. The van der Waals surface area contributed by atoms with E-state index in [0.717, 1.165) is 26.1 Å². The van der Waals surface area contributed by atoms with Crippen LogP contribution in [0.15, 0.2) is 13.2 Å². The first-order valence-corrected chi connectivity index (χ1v) is 4.69. The maximum atomic E-state index is 5.56. The van der Waals surface area contributed by atoms with Gasteiger partial charge in [0, 0.05) is 12.8 Å². The van der Waals surface area contributed by atoms with Gasteiger partial charge < -0.3 is 9.47 Å². The minimum Gasteiger partial charge on any atom is -0.348 e. The van der Waals surface area contributed by atoms with E-state index in [0.29, 0.717) is 0 Å². The molecule has 1 aliphatic heterocycles. The minimum absolute atomic E-state index is 0.127. The molecule has 0 atom stereocenters. The van der Waals surface area contributed by atoms with Gasteiger partial charge in [0.2, 0.25) is 0 Å². The maximum Gasteiger partial charge on any atom is 0.168 e. The van der Waals surface area contributed by atoms with Gasteiger partial charge in [0.05, 0.1) is 13.2 Å². The second kappa shape index (κ2) is 4.63. The SMILES string of the molecule is C1CCC2(CC1)OCCO2.C=C. The predicted octanol–water partition coefficient (Wildman–Crippen LogP) is 2.50. The van der Waals surface area contributed by atoms with Gasteiger partial charge in [-0.1, -0.05) is 6.42 Å². The quantitative estimate of drug-likeness (QED) is 0.520. The smallest absolute Gasteiger partial charge is 0.168 e. The molecule has 2 aliphatic rings. The molecule has 2 nitrogen and oxygen atoms in total. The van der Waals surface area contributed by atoms with E-state index in [1.165, 1.54) is 19.3 Å². The molecule has 2 rings (SSSR count). The monoisotopic (exact) mass is 170 g/mol. The Morgan fingerprint density at radius 2 is 1.33 bits per heavy atom. The average Bonchev–Trinajstić information content (AvgIpc) is 2.58. The predicted molar refractivity (Wildman–Crippen MR) is 49.0 cm³/mol. The van der Waals surface area contributed by atoms with Crippen molar-refractivity contribution in [3.8, 4) is 0 Å². The lowest BCUT2D eigenvalue weighted by atomic mass is 9.94. The zero-order chi connectivity index (χ0) is 8.86. The van der Waals surface area contributed by atoms with Gasteiger partial charge in [-0.3, -0.25) is 0 Å². The summed E-state index contributed by atoms with van der Waals surface area (Å²) in [6, 6.07) is 0. The average molecular weight is 170 g/mol. The first kappa shape index (κ1) is 9.75. The van der Waals surface area contributed by atoms with Crippen molar-refractivity contribution in [2.45, 2.75) is 37.9 Å². The Labute approximate surface area is 74.6 Å². The third-order valence-corrected chi connectivity index (χ3v) is 2.43. The van der Waals surface area contributed by atoms with Crippen LogP contribution in [-0.4, -0.2) is 19.0 Å². The summed E-state index contributed by atoms with van der Waals surface area (Å²) in [7, 11) is 0. The summed E-state index contributed by atoms with van der Waals surface area (Å²) >= 11 is 0. The Balaban J connectivity index is 0.000000336. The first-order valence-electron chi connectivity index (χ1n) is 4.69. The molecule has 0 unspecified atom stereocenters. The molecular weight excluding hydrogens is 152 g/mol. The molecule has 1 saturated heterocycles. The van der Waals surface area contributed by atoms with Crippen LogP contribution < -0.4 is 0 Å². The maximum absolute atomic E-state index is 5.56. The molecular formula is C10H18O2. The molecule has 12 heavy (non-hydrogen) atoms. The standard InChI is InChI=1S/C8H14O2.C2H4/c1-2-4-8(5-3-1)9-6-7-10-8;1-2/h1-7H2;1-2H2. The van der Waals surface area contributed by atoms with Crippen LogP contribution in [0.3, 0.4) is 0 Å². The molecule has 1 heterocycles. The highest BCUT2D eigenvalue weighted by molar-refractivity contribution is 4.77. The molecule has 0 bridgehead atoms. The largest absolute Gasteiger partial charge is 0.348 e. The van der Waals surface area contributed by atoms with Crippen LogP contribution in [0.25, 0.3) is 0 Å². The van der Waals surface area contributed by atoms with E-state index in [9.17, 15) is 0 Å². The van der Waals surface area contributed by atoms with E-state index in [2.05, 4.69) is 13.2 Å². The fraction of sp³-hybridized carbons (Fsp3) is 0.800. The van der Waals surface area contributed by atoms with Crippen molar-refractivity contribution in [1.82, 2.24) is 0 Å². The van der Waals surface area contributed by atoms with Gasteiger partial charge in [0.25, 0.3) is 0 Å². The Morgan fingerprint density at radius 3 is 1.83 bits per heavy atom. The van der Waals surface area contributed by atoms with Crippen LogP contribution in [0, 0.1) is 0 Å². The van der Waals surface area contributed by atoms with Gasteiger partial charge in [-0.15, -0.1) is 13.2 Å². The lowest BCUT2D eigenvalue weighted by Crippen LogP contribution is -2.32. The normalized spacial score (nSPS) is 26.3. The highest BCUT2D eigenvalue weighted by Crippen LogP contribution is 2.35. The van der Waals surface area contributed by atoms with Crippen molar-refractivity contribution < 1.29 is 9.47 Å². The van der Waals surface area contributed by atoms with E-state index < -0.39 is 0 Å². The third kappa shape index (κ3) is 2.08. The fourth-order valence-electron chi connectivity index (χ4n) is 1.88. The zero-order valence-corrected chi connectivity index (χ0v) is 7.68. The topological polar surface area (TPSA) is 18.5 Å². The summed E-state index contributed by atoms with van der Waals surface area (Å²) in [5, 5.41) is 0. The summed E-state index contributed by atoms with van der Waals surface area (Å²) in [5.74, 6) is -0.127. The van der Waals surface area contributed by atoms with Crippen molar-refractivity contribution in [2.75, 3.05) is 13.2 Å². The summed E-state index contributed by atoms with van der Waals surface area (Å²) in [5.41, 5.74) is 0. The molecule has 2 fully saturated rings. The van der Waals surface area contributed by atoms with Gasteiger partial charge in [0.15, 0.2) is 5.79 Å². The molecule has 1 saturated carbocycles. The summed E-state index contributed by atoms with van der Waals surface area (Å²) in [6.45, 7) is 7.61. The highest BCUT2D eigenvalue weighted by Gasteiger charge is 2.37. The van der Waals surface area contributed by atoms with E-state index in [1.54, 1.807) is 0 Å². The summed E-state index contributed by atoms with van der Waals surface area (Å²) < 4.78 is 11.1. The Kier molecular flexibility index (Phi) is 3.76. The van der Waals surface area contributed by atoms with Crippen LogP contribution in [0.2, 0.25) is 0 Å². The molecule has 0 aromatic heterocycles. The number of hydrogen-bond donors (Lipinski definition) is 0. The van der Waals surface area contributed by atoms with Crippen LogP contribution in [0.4, 0.5) is 0 Å². The molecule has 1 spiro atoms. The molecule has 0 N–H and O–H groups in total. The van der Waals surface area contributed by atoms with Crippen LogP contribution in [-0.2, 0) is 9.47 Å². The van der Waals surface area contributed by atoms with Gasteiger partial charge >= 0.3 is 0 Å². The molecule has 0 aromatic carbocycles.